The fraction of sp³-hybridized carbons (Fsp3) is 0.263. The number of carbonyl (C=O) groups is 2. The van der Waals surface area contributed by atoms with Gasteiger partial charge in [-0.05, 0) is 36.1 Å². The number of carboxylic acid groups (broad SMARTS) is 1. The number of nitro groups is 1. The lowest BCUT2D eigenvalue weighted by atomic mass is 9.96. The van der Waals surface area contributed by atoms with Crippen molar-refractivity contribution in [2.45, 2.75) is 32.7 Å². The normalized spacial score (nSPS) is 11.6. The summed E-state index contributed by atoms with van der Waals surface area (Å²) in [6.45, 7) is 3.79. The maximum absolute atomic E-state index is 12.2. The summed E-state index contributed by atoms with van der Waals surface area (Å²) in [4.78, 5) is 34.0. The molecule has 2 aromatic rings. The van der Waals surface area contributed by atoms with Crippen LogP contribution in [0, 0.1) is 24.0 Å². The van der Waals surface area contributed by atoms with E-state index in [1.54, 1.807) is 6.07 Å². The third-order valence-corrected chi connectivity index (χ3v) is 4.17. The second-order valence-corrected chi connectivity index (χ2v) is 6.14. The minimum Gasteiger partial charge on any atom is -0.480 e. The molecule has 0 heterocycles. The van der Waals surface area contributed by atoms with Crippen LogP contribution in [0.4, 0.5) is 5.69 Å². The monoisotopic (exact) mass is 356 g/mol. The lowest BCUT2D eigenvalue weighted by molar-refractivity contribution is -0.384. The molecule has 0 unspecified atom stereocenters. The number of hydrogen-bond donors (Lipinski definition) is 2. The van der Waals surface area contributed by atoms with E-state index in [4.69, 9.17) is 0 Å². The molecule has 0 saturated heterocycles. The molecule has 1 amide bonds. The van der Waals surface area contributed by atoms with E-state index in [0.717, 1.165) is 16.7 Å². The van der Waals surface area contributed by atoms with E-state index in [9.17, 15) is 24.8 Å². The van der Waals surface area contributed by atoms with Gasteiger partial charge in [0, 0.05) is 18.6 Å². The van der Waals surface area contributed by atoms with Gasteiger partial charge in [-0.25, -0.2) is 4.79 Å². The molecule has 0 bridgehead atoms. The predicted molar refractivity (Wildman–Crippen MR) is 96.0 cm³/mol. The van der Waals surface area contributed by atoms with Gasteiger partial charge in [-0.1, -0.05) is 30.3 Å². The predicted octanol–water partition coefficient (Wildman–Crippen LogP) is 2.57. The molecule has 2 rings (SSSR count). The lowest BCUT2D eigenvalue weighted by Gasteiger charge is -2.17. The number of carboxylic acids is 1. The van der Waals surface area contributed by atoms with Crippen LogP contribution in [-0.4, -0.2) is 27.9 Å². The Hall–Kier alpha value is -3.22. The van der Waals surface area contributed by atoms with Crippen molar-refractivity contribution in [1.29, 1.82) is 0 Å². The Bertz CT molecular complexity index is 827. The van der Waals surface area contributed by atoms with Crippen molar-refractivity contribution in [3.05, 3.63) is 74.8 Å². The lowest BCUT2D eigenvalue weighted by Crippen LogP contribution is -2.43. The van der Waals surface area contributed by atoms with Crippen molar-refractivity contribution in [2.75, 3.05) is 0 Å². The van der Waals surface area contributed by atoms with Crippen LogP contribution in [0.1, 0.15) is 22.3 Å². The van der Waals surface area contributed by atoms with E-state index in [1.165, 1.54) is 18.2 Å². The summed E-state index contributed by atoms with van der Waals surface area (Å²) in [5.74, 6) is -1.62. The van der Waals surface area contributed by atoms with Gasteiger partial charge in [-0.15, -0.1) is 0 Å². The van der Waals surface area contributed by atoms with Gasteiger partial charge in [0.1, 0.15) is 6.04 Å². The van der Waals surface area contributed by atoms with Crippen LogP contribution in [0.5, 0.6) is 0 Å². The number of hydrogen-bond acceptors (Lipinski definition) is 4. The second kappa shape index (κ2) is 8.24. The highest BCUT2D eigenvalue weighted by molar-refractivity contribution is 5.85. The first-order valence-corrected chi connectivity index (χ1v) is 8.08. The number of nitrogens with zero attached hydrogens (tertiary/aromatic N) is 1. The Morgan fingerprint density at radius 3 is 2.35 bits per heavy atom. The Morgan fingerprint density at radius 2 is 1.77 bits per heavy atom. The largest absolute Gasteiger partial charge is 0.480 e. The number of benzene rings is 2. The summed E-state index contributed by atoms with van der Waals surface area (Å²) in [5, 5.41) is 22.8. The van der Waals surface area contributed by atoms with Crippen LogP contribution in [0.15, 0.2) is 42.5 Å². The molecule has 0 radical (unpaired) electrons. The summed E-state index contributed by atoms with van der Waals surface area (Å²) in [6, 6.07) is 10.3. The summed E-state index contributed by atoms with van der Waals surface area (Å²) in [7, 11) is 0. The highest BCUT2D eigenvalue weighted by atomic mass is 16.6. The van der Waals surface area contributed by atoms with Crippen LogP contribution in [-0.2, 0) is 22.4 Å². The highest BCUT2D eigenvalue weighted by Gasteiger charge is 2.22. The smallest absolute Gasteiger partial charge is 0.326 e. The maximum atomic E-state index is 12.2. The van der Waals surface area contributed by atoms with Crippen molar-refractivity contribution in [3.63, 3.8) is 0 Å². The zero-order chi connectivity index (χ0) is 19.3. The van der Waals surface area contributed by atoms with Gasteiger partial charge in [0.15, 0.2) is 0 Å². The highest BCUT2D eigenvalue weighted by Crippen LogP contribution is 2.16. The molecule has 0 aliphatic heterocycles. The van der Waals surface area contributed by atoms with Crippen LogP contribution < -0.4 is 5.32 Å². The van der Waals surface area contributed by atoms with E-state index in [-0.39, 0.29) is 18.5 Å². The molecule has 0 fully saturated rings. The van der Waals surface area contributed by atoms with Gasteiger partial charge in [0.25, 0.3) is 5.69 Å². The van der Waals surface area contributed by atoms with E-state index < -0.39 is 22.8 Å². The third kappa shape index (κ3) is 4.89. The fourth-order valence-corrected chi connectivity index (χ4v) is 2.79. The molecule has 2 N–H and O–H groups in total. The standard InChI is InChI=1S/C19H20N2O5/c1-12-5-3-6-13(2)16(12)11-17(19(23)24)20-18(22)10-14-7-4-8-15(9-14)21(25)26/h3-9,17H,10-11H2,1-2H3,(H,20,22)(H,23,24)/t17-/m0/s1. The van der Waals surface area contributed by atoms with Crippen molar-refractivity contribution >= 4 is 17.6 Å². The Balaban J connectivity index is 2.10. The molecule has 0 aliphatic carbocycles. The number of rotatable bonds is 7. The molecule has 0 aliphatic rings. The number of aliphatic carboxylic acids is 1. The van der Waals surface area contributed by atoms with Gasteiger partial charge in [-0.2, -0.15) is 0 Å². The topological polar surface area (TPSA) is 110 Å². The number of carbonyl (C=O) groups excluding carboxylic acids is 1. The molecule has 2 aromatic carbocycles. The number of amides is 1. The Labute approximate surface area is 150 Å². The molecule has 7 heteroatoms. The number of nitrogens with one attached hydrogen (secondary N) is 1. The average molecular weight is 356 g/mol. The molecule has 0 aromatic heterocycles. The van der Waals surface area contributed by atoms with Crippen LogP contribution in [0.2, 0.25) is 0 Å². The average Bonchev–Trinajstić information content (AvgIpc) is 2.57. The second-order valence-electron chi connectivity index (χ2n) is 6.14. The quantitative estimate of drug-likeness (QED) is 0.585. The molecule has 0 spiro atoms. The van der Waals surface area contributed by atoms with E-state index >= 15 is 0 Å². The van der Waals surface area contributed by atoms with E-state index in [2.05, 4.69) is 5.32 Å². The van der Waals surface area contributed by atoms with E-state index in [1.807, 2.05) is 32.0 Å². The maximum Gasteiger partial charge on any atom is 0.326 e. The summed E-state index contributed by atoms with van der Waals surface area (Å²) in [5.41, 5.74) is 3.15. The molecule has 136 valence electrons. The van der Waals surface area contributed by atoms with Gasteiger partial charge in [0.05, 0.1) is 11.3 Å². The Morgan fingerprint density at radius 1 is 1.15 bits per heavy atom. The fourth-order valence-electron chi connectivity index (χ4n) is 2.79. The number of aryl methyl sites for hydroxylation is 2. The minimum atomic E-state index is -1.12. The van der Waals surface area contributed by atoms with Crippen molar-refractivity contribution in [2.24, 2.45) is 0 Å². The number of nitro benzene ring substituents is 1. The summed E-state index contributed by atoms with van der Waals surface area (Å²) >= 11 is 0. The molecule has 26 heavy (non-hydrogen) atoms. The van der Waals surface area contributed by atoms with Crippen molar-refractivity contribution in [3.8, 4) is 0 Å². The van der Waals surface area contributed by atoms with Gasteiger partial charge < -0.3 is 10.4 Å². The first-order chi connectivity index (χ1) is 12.3. The van der Waals surface area contributed by atoms with Crippen LogP contribution in [0.3, 0.4) is 0 Å². The number of non-ortho nitro benzene ring substituents is 1. The van der Waals surface area contributed by atoms with Crippen molar-refractivity contribution < 1.29 is 19.6 Å². The molecule has 1 atom stereocenters. The SMILES string of the molecule is Cc1cccc(C)c1C[C@H](NC(=O)Cc1cccc([N+](=O)[O-])c1)C(=O)O. The zero-order valence-corrected chi connectivity index (χ0v) is 14.6. The zero-order valence-electron chi connectivity index (χ0n) is 14.6. The first kappa shape index (κ1) is 19.1. The van der Waals surface area contributed by atoms with Gasteiger partial charge in [-0.3, -0.25) is 14.9 Å². The van der Waals surface area contributed by atoms with E-state index in [0.29, 0.717) is 5.56 Å². The first-order valence-electron chi connectivity index (χ1n) is 8.08. The minimum absolute atomic E-state index is 0.111. The Kier molecular flexibility index (Phi) is 6.06. The summed E-state index contributed by atoms with van der Waals surface area (Å²) in [6.07, 6.45) is 0.0483. The molecular formula is C19H20N2O5. The van der Waals surface area contributed by atoms with Crippen LogP contribution >= 0.6 is 0 Å². The van der Waals surface area contributed by atoms with Crippen molar-refractivity contribution in [1.82, 2.24) is 5.32 Å². The van der Waals surface area contributed by atoms with Gasteiger partial charge in [0.2, 0.25) is 5.91 Å². The molecular weight excluding hydrogens is 336 g/mol. The third-order valence-electron chi connectivity index (χ3n) is 4.17. The van der Waals surface area contributed by atoms with Crippen LogP contribution in [0.25, 0.3) is 0 Å². The summed E-state index contributed by atoms with van der Waals surface area (Å²) < 4.78 is 0. The molecule has 7 nitrogen and oxygen atoms in total. The van der Waals surface area contributed by atoms with Gasteiger partial charge >= 0.3 is 5.97 Å². The molecule has 0 saturated carbocycles.